The van der Waals surface area contributed by atoms with Crippen LogP contribution in [-0.2, 0) is 0 Å². The number of aromatic hydroxyl groups is 1. The maximum absolute atomic E-state index is 16.9. The molecule has 7 rings (SSSR count). The topological polar surface area (TPSA) is 73.8 Å². The third-order valence-corrected chi connectivity index (χ3v) is 10.3. The van der Waals surface area contributed by atoms with E-state index in [9.17, 15) is 18.3 Å². The molecule has 4 aromatic rings. The van der Waals surface area contributed by atoms with Gasteiger partial charge >= 0.3 is 6.01 Å². The fourth-order valence-electron chi connectivity index (χ4n) is 7.90. The number of nitrogens with zero attached hydrogens (tertiary/aromatic N) is 4. The maximum atomic E-state index is 16.9. The molecule has 1 aromatic heterocycles. The molecule has 0 aliphatic carbocycles. The summed E-state index contributed by atoms with van der Waals surface area (Å²) in [7, 11) is 0. The average Bonchev–Trinajstić information content (AvgIpc) is 3.40. The first kappa shape index (κ1) is 32.3. The SMILES string of the molecule is C#Cc1c(F)ccc2cc(O)cc(-c3c(F)cc4c(N5C[C@H]6CC[C@@H](C5)N6)nc(OC[C@@]5(C)CN(CC)CC[C@H]5C(F)F)nc4c3F)c12. The van der Waals surface area contributed by atoms with E-state index in [1.807, 2.05) is 11.8 Å². The van der Waals surface area contributed by atoms with Crippen molar-refractivity contribution >= 4 is 27.5 Å². The number of aromatic nitrogens is 2. The number of terminal acetylenes is 1. The highest BCUT2D eigenvalue weighted by molar-refractivity contribution is 6.04. The molecule has 4 atom stereocenters. The Morgan fingerprint density at radius 3 is 2.52 bits per heavy atom. The Morgan fingerprint density at radius 1 is 1.08 bits per heavy atom. The summed E-state index contributed by atoms with van der Waals surface area (Å²) in [6, 6.07) is 6.20. The number of piperazine rings is 1. The van der Waals surface area contributed by atoms with Crippen LogP contribution in [0.4, 0.5) is 27.8 Å². The Labute approximate surface area is 275 Å². The number of likely N-dealkylation sites (tertiary alicyclic amines) is 1. The third-order valence-electron chi connectivity index (χ3n) is 10.3. The standard InChI is InChI=1S/C36H36F5N5O2/c1-4-23-27(37)9-6-19-12-22(47)13-24(29(19)23)30-28(38)14-25-32(31(30)39)43-35(44-34(25)46-15-20-7-8-21(16-46)42-20)48-18-36(3)17-45(5-2)11-10-26(36)33(40)41/h1,6,9,12-14,20-21,26,33,42,47H,5,7-8,10-11,15-18H2,2-3H3/t20-,21+,26-,36+/m0/s1. The molecular formula is C36H36F5N5O2. The summed E-state index contributed by atoms with van der Waals surface area (Å²) in [6.45, 7) is 6.28. The van der Waals surface area contributed by atoms with E-state index >= 15 is 8.78 Å². The summed E-state index contributed by atoms with van der Waals surface area (Å²) < 4.78 is 82.5. The molecule has 252 valence electrons. The van der Waals surface area contributed by atoms with Crippen LogP contribution in [0.25, 0.3) is 32.8 Å². The van der Waals surface area contributed by atoms with E-state index in [1.165, 1.54) is 12.1 Å². The second kappa shape index (κ2) is 12.3. The predicted octanol–water partition coefficient (Wildman–Crippen LogP) is 6.49. The summed E-state index contributed by atoms with van der Waals surface area (Å²) in [5.74, 6) is -1.51. The van der Waals surface area contributed by atoms with Gasteiger partial charge < -0.3 is 25.0 Å². The lowest BCUT2D eigenvalue weighted by molar-refractivity contribution is -0.0721. The van der Waals surface area contributed by atoms with E-state index in [-0.39, 0.29) is 69.1 Å². The molecule has 0 unspecified atom stereocenters. The van der Waals surface area contributed by atoms with Gasteiger partial charge in [-0.2, -0.15) is 9.97 Å². The minimum Gasteiger partial charge on any atom is -0.508 e. The van der Waals surface area contributed by atoms with Gasteiger partial charge in [-0.3, -0.25) is 0 Å². The number of fused-ring (bicyclic) bond motifs is 4. The molecule has 3 saturated heterocycles. The Morgan fingerprint density at radius 2 is 1.83 bits per heavy atom. The van der Waals surface area contributed by atoms with E-state index in [0.717, 1.165) is 31.0 Å². The van der Waals surface area contributed by atoms with Crippen molar-refractivity contribution in [2.45, 2.75) is 51.6 Å². The van der Waals surface area contributed by atoms with Gasteiger partial charge in [0.1, 0.15) is 28.7 Å². The highest BCUT2D eigenvalue weighted by atomic mass is 19.3. The molecule has 4 heterocycles. The van der Waals surface area contributed by atoms with Gasteiger partial charge in [-0.05, 0) is 62.0 Å². The smallest absolute Gasteiger partial charge is 0.319 e. The second-order valence-electron chi connectivity index (χ2n) is 13.5. The van der Waals surface area contributed by atoms with Crippen molar-refractivity contribution in [3.8, 4) is 35.2 Å². The Bertz CT molecular complexity index is 1940. The predicted molar refractivity (Wildman–Crippen MR) is 174 cm³/mol. The largest absolute Gasteiger partial charge is 0.508 e. The van der Waals surface area contributed by atoms with Crippen LogP contribution in [0.15, 0.2) is 30.3 Å². The van der Waals surface area contributed by atoms with E-state index in [2.05, 4.69) is 26.1 Å². The highest BCUT2D eigenvalue weighted by Crippen LogP contribution is 2.43. The normalized spacial score (nSPS) is 24.5. The molecule has 48 heavy (non-hydrogen) atoms. The molecule has 0 saturated carbocycles. The minimum atomic E-state index is -2.56. The van der Waals surface area contributed by atoms with E-state index in [1.54, 1.807) is 6.92 Å². The van der Waals surface area contributed by atoms with Gasteiger partial charge in [0, 0.05) is 59.4 Å². The number of alkyl halides is 2. The van der Waals surface area contributed by atoms with Crippen molar-refractivity contribution < 1.29 is 31.8 Å². The van der Waals surface area contributed by atoms with Crippen LogP contribution in [0.3, 0.4) is 0 Å². The summed E-state index contributed by atoms with van der Waals surface area (Å²) in [4.78, 5) is 13.1. The monoisotopic (exact) mass is 665 g/mol. The van der Waals surface area contributed by atoms with Gasteiger partial charge in [0.15, 0.2) is 5.82 Å². The molecule has 3 aliphatic heterocycles. The molecule has 0 spiro atoms. The number of rotatable bonds is 7. The molecule has 3 aliphatic rings. The van der Waals surface area contributed by atoms with Crippen LogP contribution in [0.2, 0.25) is 0 Å². The second-order valence-corrected chi connectivity index (χ2v) is 13.5. The first-order valence-corrected chi connectivity index (χ1v) is 16.3. The molecule has 0 radical (unpaired) electrons. The molecule has 2 bridgehead atoms. The van der Waals surface area contributed by atoms with Crippen molar-refractivity contribution in [2.24, 2.45) is 11.3 Å². The van der Waals surface area contributed by atoms with E-state index in [4.69, 9.17) is 11.2 Å². The molecule has 3 fully saturated rings. The van der Waals surface area contributed by atoms with Crippen molar-refractivity contribution in [3.05, 3.63) is 53.3 Å². The number of piperidine rings is 1. The van der Waals surface area contributed by atoms with E-state index in [0.29, 0.717) is 39.1 Å². The van der Waals surface area contributed by atoms with Crippen LogP contribution in [-0.4, -0.2) is 77.8 Å². The zero-order valence-corrected chi connectivity index (χ0v) is 26.7. The Balaban J connectivity index is 1.39. The van der Waals surface area contributed by atoms with Gasteiger partial charge in [-0.1, -0.05) is 25.8 Å². The van der Waals surface area contributed by atoms with Crippen LogP contribution in [0.5, 0.6) is 11.8 Å². The van der Waals surface area contributed by atoms with Crippen molar-refractivity contribution in [3.63, 3.8) is 0 Å². The number of anilines is 1. The fraction of sp³-hybridized carbons (Fsp3) is 0.444. The van der Waals surface area contributed by atoms with Gasteiger partial charge in [-0.15, -0.1) is 6.42 Å². The number of hydrogen-bond donors (Lipinski definition) is 2. The molecule has 2 N–H and O–H groups in total. The Hall–Kier alpha value is -4.21. The van der Waals surface area contributed by atoms with Crippen molar-refractivity contribution in [1.82, 2.24) is 20.2 Å². The molecule has 3 aromatic carbocycles. The highest BCUT2D eigenvalue weighted by Gasteiger charge is 2.45. The average molecular weight is 666 g/mol. The summed E-state index contributed by atoms with van der Waals surface area (Å²) >= 11 is 0. The van der Waals surface area contributed by atoms with Gasteiger partial charge in [-0.25, -0.2) is 22.0 Å². The summed E-state index contributed by atoms with van der Waals surface area (Å²) in [5, 5.41) is 14.5. The van der Waals surface area contributed by atoms with Gasteiger partial charge in [0.25, 0.3) is 0 Å². The van der Waals surface area contributed by atoms with Crippen LogP contribution in [0, 0.1) is 41.1 Å². The summed E-state index contributed by atoms with van der Waals surface area (Å²) in [5.41, 5.74) is -2.12. The van der Waals surface area contributed by atoms with Crippen LogP contribution >= 0.6 is 0 Å². The quantitative estimate of drug-likeness (QED) is 0.173. The number of nitrogens with one attached hydrogen (secondary N) is 1. The first-order chi connectivity index (χ1) is 23.0. The van der Waals surface area contributed by atoms with Crippen molar-refractivity contribution in [2.75, 3.05) is 44.2 Å². The zero-order valence-electron chi connectivity index (χ0n) is 26.7. The molecule has 7 nitrogen and oxygen atoms in total. The minimum absolute atomic E-state index is 0.0561. The number of phenolic OH excluding ortho intramolecular Hbond substituents is 1. The van der Waals surface area contributed by atoms with E-state index < -0.39 is 40.8 Å². The fourth-order valence-corrected chi connectivity index (χ4v) is 7.90. The van der Waals surface area contributed by atoms with Crippen LogP contribution in [0.1, 0.15) is 38.7 Å². The molecular weight excluding hydrogens is 629 g/mol. The Kier molecular flexibility index (Phi) is 8.32. The zero-order chi connectivity index (χ0) is 33.9. The number of phenols is 1. The third kappa shape index (κ3) is 5.56. The maximum Gasteiger partial charge on any atom is 0.319 e. The number of hydrogen-bond acceptors (Lipinski definition) is 7. The van der Waals surface area contributed by atoms with Gasteiger partial charge in [0.05, 0.1) is 17.7 Å². The number of halogens is 5. The van der Waals surface area contributed by atoms with Crippen LogP contribution < -0.4 is 15.0 Å². The lowest BCUT2D eigenvalue weighted by Gasteiger charge is -2.45. The van der Waals surface area contributed by atoms with Crippen molar-refractivity contribution in [1.29, 1.82) is 0 Å². The molecule has 12 heteroatoms. The lowest BCUT2D eigenvalue weighted by Crippen LogP contribution is -2.52. The first-order valence-electron chi connectivity index (χ1n) is 16.3. The lowest BCUT2D eigenvalue weighted by atomic mass is 9.73. The van der Waals surface area contributed by atoms with Gasteiger partial charge in [0.2, 0.25) is 6.43 Å². The number of ether oxygens (including phenoxy) is 1. The molecule has 0 amide bonds. The number of benzene rings is 3. The summed E-state index contributed by atoms with van der Waals surface area (Å²) in [6.07, 6.45) is 5.27.